The van der Waals surface area contributed by atoms with E-state index in [2.05, 4.69) is 21.2 Å². The van der Waals surface area contributed by atoms with Crippen molar-refractivity contribution < 1.29 is 19.1 Å². The maximum atomic E-state index is 13.6. The number of nitrogens with one attached hydrogen (secondary N) is 1. The van der Waals surface area contributed by atoms with Crippen molar-refractivity contribution in [3.8, 4) is 0 Å². The third-order valence-electron chi connectivity index (χ3n) is 3.23. The fraction of sp³-hybridized carbons (Fsp3) is 0.429. The number of carbonyl (C=O) groups is 2. The number of carboxylic acids is 1. The molecule has 0 heterocycles. The highest BCUT2D eigenvalue weighted by Crippen LogP contribution is 2.27. The van der Waals surface area contributed by atoms with Crippen LogP contribution in [0.4, 0.5) is 10.1 Å². The van der Waals surface area contributed by atoms with E-state index in [0.717, 1.165) is 12.8 Å². The molecule has 0 aliphatic heterocycles. The number of hydrogen-bond acceptors (Lipinski definition) is 3. The minimum absolute atomic E-state index is 0.00355. The van der Waals surface area contributed by atoms with Crippen LogP contribution >= 0.6 is 15.9 Å². The number of carboxylic acid groups (broad SMARTS) is 1. The van der Waals surface area contributed by atoms with Gasteiger partial charge in [0.15, 0.2) is 0 Å². The summed E-state index contributed by atoms with van der Waals surface area (Å²) in [5, 5.41) is 11.2. The number of benzene rings is 1. The summed E-state index contributed by atoms with van der Waals surface area (Å²) in [5.74, 6) is -1.74. The Morgan fingerprint density at radius 1 is 1.43 bits per heavy atom. The molecule has 1 aromatic carbocycles. The van der Waals surface area contributed by atoms with Gasteiger partial charge in [0.2, 0.25) is 5.91 Å². The van der Waals surface area contributed by atoms with Gasteiger partial charge in [-0.05, 0) is 31.0 Å². The van der Waals surface area contributed by atoms with Crippen molar-refractivity contribution in [2.45, 2.75) is 25.3 Å². The van der Waals surface area contributed by atoms with Crippen LogP contribution < -0.4 is 5.32 Å². The minimum Gasteiger partial charge on any atom is -0.481 e. The normalized spacial score (nSPS) is 14.2. The van der Waals surface area contributed by atoms with Gasteiger partial charge in [-0.1, -0.05) is 15.9 Å². The van der Waals surface area contributed by atoms with Crippen LogP contribution in [-0.2, 0) is 9.59 Å². The number of halogens is 2. The smallest absolute Gasteiger partial charge is 0.304 e. The standard InChI is InChI=1S/C14H16BrFN2O3/c15-9-1-4-12(11(16)7-9)17-13(19)8-18(10-2-3-10)6-5-14(20)21/h1,4,7,10H,2-3,5-6,8H2,(H,17,19)(H,20,21). The topological polar surface area (TPSA) is 69.6 Å². The first-order valence-electron chi connectivity index (χ1n) is 6.66. The summed E-state index contributed by atoms with van der Waals surface area (Å²) in [6.07, 6.45) is 1.94. The zero-order chi connectivity index (χ0) is 15.4. The number of carbonyl (C=O) groups excluding carboxylic acids is 1. The average Bonchev–Trinajstić information content (AvgIpc) is 3.22. The molecule has 2 N–H and O–H groups in total. The predicted molar refractivity (Wildman–Crippen MR) is 79.6 cm³/mol. The Morgan fingerprint density at radius 3 is 2.71 bits per heavy atom. The van der Waals surface area contributed by atoms with Gasteiger partial charge in [0.25, 0.3) is 0 Å². The third-order valence-corrected chi connectivity index (χ3v) is 3.72. The van der Waals surface area contributed by atoms with Crippen molar-refractivity contribution in [1.82, 2.24) is 4.90 Å². The molecule has 114 valence electrons. The van der Waals surface area contributed by atoms with E-state index >= 15 is 0 Å². The second-order valence-electron chi connectivity index (χ2n) is 5.02. The molecule has 1 amide bonds. The van der Waals surface area contributed by atoms with Gasteiger partial charge < -0.3 is 10.4 Å². The predicted octanol–water partition coefficient (Wildman–Crippen LogP) is 2.47. The van der Waals surface area contributed by atoms with Gasteiger partial charge in [0, 0.05) is 17.1 Å². The first kappa shape index (κ1) is 15.9. The molecule has 1 fully saturated rings. The third kappa shape index (κ3) is 5.09. The Bertz CT molecular complexity index is 549. The second-order valence-corrected chi connectivity index (χ2v) is 5.93. The largest absolute Gasteiger partial charge is 0.481 e. The van der Waals surface area contributed by atoms with Crippen molar-refractivity contribution in [2.24, 2.45) is 0 Å². The molecule has 1 saturated carbocycles. The summed E-state index contributed by atoms with van der Waals surface area (Å²) >= 11 is 3.15. The van der Waals surface area contributed by atoms with Crippen LogP contribution in [0, 0.1) is 5.82 Å². The number of aliphatic carboxylic acids is 1. The minimum atomic E-state index is -0.889. The molecule has 1 aliphatic rings. The van der Waals surface area contributed by atoms with Crippen LogP contribution in [-0.4, -0.2) is 41.0 Å². The number of hydrogen-bond donors (Lipinski definition) is 2. The van der Waals surface area contributed by atoms with E-state index in [0.29, 0.717) is 11.0 Å². The van der Waals surface area contributed by atoms with E-state index in [4.69, 9.17) is 5.11 Å². The highest BCUT2D eigenvalue weighted by atomic mass is 79.9. The van der Waals surface area contributed by atoms with Gasteiger partial charge in [-0.3, -0.25) is 14.5 Å². The second kappa shape index (κ2) is 7.00. The van der Waals surface area contributed by atoms with Crippen LogP contribution in [0.25, 0.3) is 0 Å². The van der Waals surface area contributed by atoms with E-state index in [9.17, 15) is 14.0 Å². The molecule has 5 nitrogen and oxygen atoms in total. The van der Waals surface area contributed by atoms with E-state index in [1.807, 2.05) is 4.90 Å². The highest BCUT2D eigenvalue weighted by Gasteiger charge is 2.30. The fourth-order valence-corrected chi connectivity index (χ4v) is 2.37. The zero-order valence-corrected chi connectivity index (χ0v) is 12.9. The van der Waals surface area contributed by atoms with Gasteiger partial charge in [0.1, 0.15) is 5.82 Å². The molecule has 1 aliphatic carbocycles. The average molecular weight is 359 g/mol. The Morgan fingerprint density at radius 2 is 2.14 bits per heavy atom. The van der Waals surface area contributed by atoms with Crippen LogP contribution in [0.15, 0.2) is 22.7 Å². The molecule has 2 rings (SSSR count). The van der Waals surface area contributed by atoms with E-state index in [1.165, 1.54) is 12.1 Å². The molecule has 7 heteroatoms. The molecule has 0 bridgehead atoms. The van der Waals surface area contributed by atoms with Crippen molar-refractivity contribution >= 4 is 33.5 Å². The van der Waals surface area contributed by atoms with E-state index in [1.54, 1.807) is 6.07 Å². The van der Waals surface area contributed by atoms with Crippen LogP contribution in [0.3, 0.4) is 0 Å². The van der Waals surface area contributed by atoms with Crippen molar-refractivity contribution in [3.05, 3.63) is 28.5 Å². The summed E-state index contributed by atoms with van der Waals surface area (Å²) in [4.78, 5) is 24.4. The number of nitrogens with zero attached hydrogens (tertiary/aromatic N) is 1. The lowest BCUT2D eigenvalue weighted by molar-refractivity contribution is -0.137. The fourth-order valence-electron chi connectivity index (χ4n) is 2.03. The lowest BCUT2D eigenvalue weighted by Crippen LogP contribution is -2.36. The van der Waals surface area contributed by atoms with Crippen molar-refractivity contribution in [1.29, 1.82) is 0 Å². The maximum Gasteiger partial charge on any atom is 0.304 e. The first-order chi connectivity index (χ1) is 9.95. The van der Waals surface area contributed by atoms with Crippen LogP contribution in [0.1, 0.15) is 19.3 Å². The first-order valence-corrected chi connectivity index (χ1v) is 7.46. The SMILES string of the molecule is O=C(O)CCN(CC(=O)Nc1ccc(Br)cc1F)C1CC1. The molecule has 0 radical (unpaired) electrons. The lowest BCUT2D eigenvalue weighted by atomic mass is 10.3. The maximum absolute atomic E-state index is 13.6. The molecule has 21 heavy (non-hydrogen) atoms. The quantitative estimate of drug-likeness (QED) is 0.785. The Labute approximate surface area is 130 Å². The van der Waals surface area contributed by atoms with Gasteiger partial charge in [-0.25, -0.2) is 4.39 Å². The van der Waals surface area contributed by atoms with Gasteiger partial charge in [-0.2, -0.15) is 0 Å². The molecule has 0 atom stereocenters. The summed E-state index contributed by atoms with van der Waals surface area (Å²) < 4.78 is 14.2. The summed E-state index contributed by atoms with van der Waals surface area (Å²) in [6.45, 7) is 0.406. The van der Waals surface area contributed by atoms with Gasteiger partial charge in [0.05, 0.1) is 18.7 Å². The van der Waals surface area contributed by atoms with Crippen molar-refractivity contribution in [3.63, 3.8) is 0 Å². The zero-order valence-electron chi connectivity index (χ0n) is 11.3. The molecule has 0 saturated heterocycles. The van der Waals surface area contributed by atoms with Gasteiger partial charge in [-0.15, -0.1) is 0 Å². The molecule has 0 spiro atoms. The molecular formula is C14H16BrFN2O3. The molecule has 0 unspecified atom stereocenters. The number of amides is 1. The Balaban J connectivity index is 1.91. The monoisotopic (exact) mass is 358 g/mol. The van der Waals surface area contributed by atoms with Crippen LogP contribution in [0.2, 0.25) is 0 Å². The van der Waals surface area contributed by atoms with Gasteiger partial charge >= 0.3 is 5.97 Å². The summed E-state index contributed by atoms with van der Waals surface area (Å²) in [5.41, 5.74) is 0.122. The lowest BCUT2D eigenvalue weighted by Gasteiger charge is -2.20. The Kier molecular flexibility index (Phi) is 5.30. The molecular weight excluding hydrogens is 343 g/mol. The highest BCUT2D eigenvalue weighted by molar-refractivity contribution is 9.10. The van der Waals surface area contributed by atoms with E-state index < -0.39 is 11.8 Å². The molecule has 0 aromatic heterocycles. The van der Waals surface area contributed by atoms with Crippen LogP contribution in [0.5, 0.6) is 0 Å². The molecule has 1 aromatic rings. The summed E-state index contributed by atoms with van der Waals surface area (Å²) in [6, 6.07) is 4.67. The number of anilines is 1. The Hall–Kier alpha value is -1.47. The van der Waals surface area contributed by atoms with E-state index in [-0.39, 0.29) is 30.6 Å². The summed E-state index contributed by atoms with van der Waals surface area (Å²) in [7, 11) is 0. The number of rotatable bonds is 7. The van der Waals surface area contributed by atoms with Crippen molar-refractivity contribution in [2.75, 3.05) is 18.4 Å².